The summed E-state index contributed by atoms with van der Waals surface area (Å²) in [7, 11) is -4.99. The first-order valence-electron chi connectivity index (χ1n) is 7.96. The summed E-state index contributed by atoms with van der Waals surface area (Å²) in [4.78, 5) is 39.7. The third kappa shape index (κ3) is 7.97. The number of carbonyl (C=O) groups is 2. The Hall–Kier alpha value is -1.61. The van der Waals surface area contributed by atoms with Crippen LogP contribution in [-0.2, 0) is 18.6 Å². The van der Waals surface area contributed by atoms with Gasteiger partial charge in [-0.3, -0.25) is 4.57 Å². The van der Waals surface area contributed by atoms with E-state index >= 15 is 0 Å². The van der Waals surface area contributed by atoms with Crippen LogP contribution < -0.4 is 20.3 Å². The second-order valence-corrected chi connectivity index (χ2v) is 7.42. The molecular weight excluding hydrogens is 435 g/mol. The molecule has 164 valence electrons. The molecular formula is C14H21N2O11PS. The smallest absolute Gasteiger partial charge is 0.363 e. The second kappa shape index (κ2) is 11.0. The maximum atomic E-state index is 10.8. The number of aromatic nitrogens is 1. The molecule has 7 N–H and O–H groups in total. The molecule has 1 unspecified atom stereocenters. The Morgan fingerprint density at radius 2 is 2.03 bits per heavy atom. The Labute approximate surface area is 170 Å². The molecule has 0 aliphatic carbocycles. The van der Waals surface area contributed by atoms with E-state index in [1.54, 1.807) is 0 Å². The number of aliphatic hydroxyl groups is 2. The van der Waals surface area contributed by atoms with E-state index in [4.69, 9.17) is 14.7 Å². The number of carboxylic acids is 2. The van der Waals surface area contributed by atoms with Gasteiger partial charge in [-0.25, -0.2) is 4.79 Å². The summed E-state index contributed by atoms with van der Waals surface area (Å²) in [6, 6.07) is 2.07. The van der Waals surface area contributed by atoms with Gasteiger partial charge in [0.15, 0.2) is 24.5 Å². The molecule has 0 bridgehead atoms. The van der Waals surface area contributed by atoms with E-state index in [0.29, 0.717) is 5.75 Å². The van der Waals surface area contributed by atoms with Crippen molar-refractivity contribution in [3.05, 3.63) is 30.1 Å². The normalized spacial score (nSPS) is 26.7. The van der Waals surface area contributed by atoms with Gasteiger partial charge in [-0.15, -0.1) is 0 Å². The van der Waals surface area contributed by atoms with E-state index in [1.165, 1.54) is 22.9 Å². The van der Waals surface area contributed by atoms with E-state index in [0.717, 1.165) is 6.20 Å². The maximum absolute atomic E-state index is 10.8. The van der Waals surface area contributed by atoms with Crippen molar-refractivity contribution in [3.63, 3.8) is 0 Å². The van der Waals surface area contributed by atoms with Gasteiger partial charge in [-0.1, -0.05) is 0 Å². The quantitative estimate of drug-likeness (QED) is 0.129. The average molecular weight is 456 g/mol. The van der Waals surface area contributed by atoms with Gasteiger partial charge in [0.1, 0.15) is 12.2 Å². The Kier molecular flexibility index (Phi) is 9.61. The second-order valence-electron chi connectivity index (χ2n) is 5.86. The van der Waals surface area contributed by atoms with Crippen LogP contribution in [0.4, 0.5) is 0 Å². The Balaban J connectivity index is 0.000000516. The number of carboxylic acid groups (broad SMARTS) is 2. The number of ether oxygens (including phenoxy) is 1. The zero-order valence-corrected chi connectivity index (χ0v) is 16.6. The van der Waals surface area contributed by atoms with E-state index in [2.05, 4.69) is 22.9 Å². The molecule has 1 aliphatic heterocycles. The van der Waals surface area contributed by atoms with Gasteiger partial charge in [0.2, 0.25) is 0 Å². The lowest BCUT2D eigenvalue weighted by Gasteiger charge is -2.19. The van der Waals surface area contributed by atoms with Crippen LogP contribution in [0.25, 0.3) is 0 Å². The third-order valence-corrected chi connectivity index (χ3v) is 4.58. The molecule has 0 spiro atoms. The van der Waals surface area contributed by atoms with Gasteiger partial charge in [-0.2, -0.15) is 17.2 Å². The molecule has 1 saturated heterocycles. The zero-order valence-electron chi connectivity index (χ0n) is 14.8. The molecule has 13 nitrogen and oxygen atoms in total. The summed E-state index contributed by atoms with van der Waals surface area (Å²) in [6.07, 6.45) is -2.82. The first kappa shape index (κ1) is 25.4. The number of thiol groups is 1. The van der Waals surface area contributed by atoms with Gasteiger partial charge in [0, 0.05) is 6.07 Å². The number of pyridine rings is 1. The van der Waals surface area contributed by atoms with Crippen molar-refractivity contribution in [2.75, 3.05) is 12.4 Å². The van der Waals surface area contributed by atoms with E-state index < -0.39 is 56.9 Å². The fraction of sp³-hybridized carbons (Fsp3) is 0.500. The summed E-state index contributed by atoms with van der Waals surface area (Å²) in [5, 5.41) is 38.6. The molecule has 0 aromatic carbocycles. The highest BCUT2D eigenvalue weighted by molar-refractivity contribution is 7.80. The topological polar surface area (TPSA) is 228 Å². The van der Waals surface area contributed by atoms with Gasteiger partial charge in [0.25, 0.3) is 14.1 Å². The van der Waals surface area contributed by atoms with Crippen molar-refractivity contribution < 1.29 is 63.9 Å². The lowest BCUT2D eigenvalue weighted by molar-refractivity contribution is -0.765. The third-order valence-electron chi connectivity index (χ3n) is 3.66. The first-order valence-corrected chi connectivity index (χ1v) is 10.1. The first-order chi connectivity index (χ1) is 13.4. The number of aromatic carboxylic acids is 1. The molecule has 0 saturated carbocycles. The van der Waals surface area contributed by atoms with Crippen molar-refractivity contribution in [3.8, 4) is 0 Å². The van der Waals surface area contributed by atoms with E-state index in [-0.39, 0.29) is 5.56 Å². The van der Waals surface area contributed by atoms with Crippen LogP contribution in [0.1, 0.15) is 16.6 Å². The molecule has 15 heteroatoms. The van der Waals surface area contributed by atoms with Gasteiger partial charge < -0.3 is 50.0 Å². The van der Waals surface area contributed by atoms with Crippen molar-refractivity contribution in [2.45, 2.75) is 30.6 Å². The Bertz CT molecular complexity index is 761. The monoisotopic (exact) mass is 456 g/mol. The summed E-state index contributed by atoms with van der Waals surface area (Å²) < 4.78 is 21.1. The minimum absolute atomic E-state index is 0.174. The maximum Gasteiger partial charge on any atom is 0.363 e. The largest absolute Gasteiger partial charge is 0.756 e. The number of phosphoric acid groups is 1. The average Bonchev–Trinajstić information content (AvgIpc) is 2.94. The van der Waals surface area contributed by atoms with Crippen LogP contribution in [0, 0.1) is 0 Å². The van der Waals surface area contributed by atoms with Crippen LogP contribution >= 0.6 is 20.5 Å². The van der Waals surface area contributed by atoms with Crippen LogP contribution in [0.3, 0.4) is 0 Å². The molecule has 1 aromatic rings. The van der Waals surface area contributed by atoms with Crippen LogP contribution in [0.15, 0.2) is 24.5 Å². The van der Waals surface area contributed by atoms with Crippen LogP contribution in [0.2, 0.25) is 0 Å². The van der Waals surface area contributed by atoms with E-state index in [9.17, 15) is 34.4 Å². The standard InChI is InChI=1S/C11H14NO9P.C3H7NO2S/c13-8-7(5-20-22(17,18)19)21-10(9(8)14)12-3-1-2-6(4-12)11(15)16;4-2(1-7)3(5)6/h1-4,7-10,13-14H,5H2,(H2-,15,16,17,18,19);2,7H,1,4H2,(H,5,6)/t7-,8-,9-,10-;2-/m10/s1. The summed E-state index contributed by atoms with van der Waals surface area (Å²) in [6.45, 7) is -0.702. The number of rotatable bonds is 7. The molecule has 1 aromatic heterocycles. The number of carbonyl (C=O) groups excluding carboxylic acids is 1. The van der Waals surface area contributed by atoms with Crippen LogP contribution in [0.5, 0.6) is 0 Å². The number of quaternary nitrogens is 1. The SMILES string of the molecule is O=C([O-])c1ccc[n+]([C@@H]2O[C@H](COP(=O)([O-])O)[C@@H](O)[C@H]2O)c1.[NH3+][C@@H](CS)C(=O)O. The molecule has 6 atom stereocenters. The van der Waals surface area contributed by atoms with Crippen molar-refractivity contribution >= 4 is 32.4 Å². The minimum Gasteiger partial charge on any atom is -0.756 e. The highest BCUT2D eigenvalue weighted by Gasteiger charge is 2.48. The highest BCUT2D eigenvalue weighted by atomic mass is 32.1. The highest BCUT2D eigenvalue weighted by Crippen LogP contribution is 2.33. The fourth-order valence-electron chi connectivity index (χ4n) is 2.13. The number of phosphoric ester groups is 1. The molecule has 0 radical (unpaired) electrons. The zero-order chi connectivity index (χ0) is 22.4. The van der Waals surface area contributed by atoms with Gasteiger partial charge >= 0.3 is 5.97 Å². The number of hydrogen-bond donors (Lipinski definition) is 6. The van der Waals surface area contributed by atoms with Crippen molar-refractivity contribution in [1.82, 2.24) is 0 Å². The number of aliphatic hydroxyl groups excluding tert-OH is 2. The number of aliphatic carboxylic acids is 1. The lowest BCUT2D eigenvalue weighted by atomic mass is 10.1. The lowest BCUT2D eigenvalue weighted by Crippen LogP contribution is -2.66. The van der Waals surface area contributed by atoms with Gasteiger partial charge in [-0.05, 0) is 6.07 Å². The predicted octanol–water partition coefficient (Wildman–Crippen LogP) is -4.95. The summed E-state index contributed by atoms with van der Waals surface area (Å²) >= 11 is 3.71. The van der Waals surface area contributed by atoms with E-state index in [1.807, 2.05) is 0 Å². The van der Waals surface area contributed by atoms with Crippen LogP contribution in [-0.4, -0.2) is 68.9 Å². The van der Waals surface area contributed by atoms with Crippen molar-refractivity contribution in [1.29, 1.82) is 0 Å². The number of nitrogens with zero attached hydrogens (tertiary/aromatic N) is 1. The summed E-state index contributed by atoms with van der Waals surface area (Å²) in [5.74, 6) is -2.03. The molecule has 29 heavy (non-hydrogen) atoms. The van der Waals surface area contributed by atoms with Crippen molar-refractivity contribution in [2.24, 2.45) is 0 Å². The summed E-state index contributed by atoms with van der Waals surface area (Å²) in [5.41, 5.74) is 3.11. The Morgan fingerprint density at radius 1 is 1.41 bits per heavy atom. The molecule has 2 heterocycles. The van der Waals surface area contributed by atoms with Gasteiger partial charge in [0.05, 0.1) is 23.9 Å². The number of hydrogen-bond acceptors (Lipinski definition) is 10. The Morgan fingerprint density at radius 3 is 2.48 bits per heavy atom. The molecule has 1 aliphatic rings. The predicted molar refractivity (Wildman–Crippen MR) is 90.8 cm³/mol. The molecule has 2 rings (SSSR count). The molecule has 1 fully saturated rings. The molecule has 0 amide bonds. The fourth-order valence-corrected chi connectivity index (χ4v) is 2.62. The minimum atomic E-state index is -4.99.